The normalized spacial score (nSPS) is 13.5. The zero-order valence-electron chi connectivity index (χ0n) is 26.5. The van der Waals surface area contributed by atoms with Crippen molar-refractivity contribution in [1.82, 2.24) is 14.9 Å². The van der Waals surface area contributed by atoms with Gasteiger partial charge in [0.05, 0.1) is 36.3 Å². The summed E-state index contributed by atoms with van der Waals surface area (Å²) < 4.78 is 16.9. The second-order valence-corrected chi connectivity index (χ2v) is 11.5. The van der Waals surface area contributed by atoms with Gasteiger partial charge in [0, 0.05) is 56.2 Å². The van der Waals surface area contributed by atoms with Crippen LogP contribution in [0.1, 0.15) is 25.0 Å². The summed E-state index contributed by atoms with van der Waals surface area (Å²) >= 11 is 6.72. The summed E-state index contributed by atoms with van der Waals surface area (Å²) in [5.74, 6) is 1.38. The number of amides is 1. The van der Waals surface area contributed by atoms with Crippen LogP contribution in [-0.2, 0) is 0 Å². The number of carbonyl (C=O) groups is 1. The van der Waals surface area contributed by atoms with Gasteiger partial charge in [-0.25, -0.2) is 14.7 Å². The van der Waals surface area contributed by atoms with Gasteiger partial charge in [-0.05, 0) is 69.2 Å². The van der Waals surface area contributed by atoms with Crippen molar-refractivity contribution in [2.24, 2.45) is 0 Å². The molecule has 0 saturated carbocycles. The molecule has 0 unspecified atom stereocenters. The number of nitrogens with one attached hydrogen (secondary N) is 1. The molecule has 0 radical (unpaired) electrons. The molecule has 1 fully saturated rings. The monoisotopic (exact) mass is 630 g/mol. The van der Waals surface area contributed by atoms with Crippen LogP contribution in [0.25, 0.3) is 0 Å². The zero-order chi connectivity index (χ0) is 32.1. The van der Waals surface area contributed by atoms with Gasteiger partial charge in [-0.15, -0.1) is 0 Å². The molecule has 1 N–H and O–H groups in total. The molecular formula is C34H39ClN6O4. The number of rotatable bonds is 9. The summed E-state index contributed by atoms with van der Waals surface area (Å²) in [4.78, 5) is 28.9. The molecule has 0 bridgehead atoms. The summed E-state index contributed by atoms with van der Waals surface area (Å²) in [5, 5.41) is 3.82. The number of aryl methyl sites for hydroxylation is 2. The molecule has 2 heterocycles. The molecule has 10 nitrogen and oxygen atoms in total. The highest BCUT2D eigenvalue weighted by Crippen LogP contribution is 2.40. The van der Waals surface area contributed by atoms with E-state index in [1.54, 1.807) is 32.4 Å². The van der Waals surface area contributed by atoms with E-state index >= 15 is 0 Å². The van der Waals surface area contributed by atoms with Gasteiger partial charge >= 0.3 is 6.09 Å². The number of anilines is 5. The number of benzene rings is 3. The van der Waals surface area contributed by atoms with E-state index in [0.717, 1.165) is 43.0 Å². The van der Waals surface area contributed by atoms with E-state index in [4.69, 9.17) is 25.8 Å². The second-order valence-electron chi connectivity index (χ2n) is 11.1. The molecule has 0 aliphatic carbocycles. The molecule has 3 aromatic carbocycles. The third kappa shape index (κ3) is 7.24. The lowest BCUT2D eigenvalue weighted by molar-refractivity contribution is 0.208. The molecule has 1 saturated heterocycles. The predicted octanol–water partition coefficient (Wildman–Crippen LogP) is 7.38. The minimum absolute atomic E-state index is 0.0759. The molecule has 45 heavy (non-hydrogen) atoms. The Morgan fingerprint density at radius 2 is 1.69 bits per heavy atom. The highest BCUT2D eigenvalue weighted by Gasteiger charge is 2.27. The van der Waals surface area contributed by atoms with Crippen molar-refractivity contribution in [3.63, 3.8) is 0 Å². The lowest BCUT2D eigenvalue weighted by atomic mass is 10.1. The first-order chi connectivity index (χ1) is 21.7. The van der Waals surface area contributed by atoms with Crippen molar-refractivity contribution in [3.8, 4) is 17.4 Å². The maximum atomic E-state index is 13.9. The number of hydrogen-bond acceptors (Lipinski definition) is 9. The fraction of sp³-hybridized carbons (Fsp3) is 0.324. The molecule has 1 aliphatic heterocycles. The van der Waals surface area contributed by atoms with Crippen molar-refractivity contribution in [3.05, 3.63) is 83.0 Å². The molecule has 4 aromatic rings. The second kappa shape index (κ2) is 14.0. The fourth-order valence-electron chi connectivity index (χ4n) is 5.48. The van der Waals surface area contributed by atoms with Crippen molar-refractivity contribution >= 4 is 46.4 Å². The zero-order valence-corrected chi connectivity index (χ0v) is 27.3. The fourth-order valence-corrected chi connectivity index (χ4v) is 5.78. The van der Waals surface area contributed by atoms with E-state index in [9.17, 15) is 4.79 Å². The number of halogens is 1. The predicted molar refractivity (Wildman–Crippen MR) is 179 cm³/mol. The number of piperazine rings is 1. The minimum Gasteiger partial charge on any atom is -0.497 e. The van der Waals surface area contributed by atoms with Gasteiger partial charge in [-0.3, -0.25) is 4.90 Å². The Balaban J connectivity index is 1.36. The third-order valence-electron chi connectivity index (χ3n) is 7.88. The Bertz CT molecular complexity index is 1640. The minimum atomic E-state index is -0.662. The van der Waals surface area contributed by atoms with E-state index in [2.05, 4.69) is 38.9 Å². The number of para-hydroxylation sites is 1. The van der Waals surface area contributed by atoms with Crippen LogP contribution in [0.5, 0.6) is 17.4 Å². The van der Waals surface area contributed by atoms with Crippen molar-refractivity contribution in [2.45, 2.75) is 33.7 Å². The van der Waals surface area contributed by atoms with E-state index in [1.165, 1.54) is 17.2 Å². The summed E-state index contributed by atoms with van der Waals surface area (Å²) in [5.41, 5.74) is 4.66. The first-order valence-corrected chi connectivity index (χ1v) is 15.2. The van der Waals surface area contributed by atoms with E-state index in [-0.39, 0.29) is 11.8 Å². The van der Waals surface area contributed by atoms with E-state index in [0.29, 0.717) is 39.6 Å². The highest BCUT2D eigenvalue weighted by molar-refractivity contribution is 6.33. The molecule has 1 aromatic heterocycles. The van der Waals surface area contributed by atoms with Gasteiger partial charge in [-0.2, -0.15) is 4.98 Å². The Hall–Kier alpha value is -4.54. The lowest BCUT2D eigenvalue weighted by Crippen LogP contribution is -2.49. The average Bonchev–Trinajstić information content (AvgIpc) is 3.03. The van der Waals surface area contributed by atoms with Crippen molar-refractivity contribution in [2.75, 3.05) is 55.5 Å². The number of aromatic nitrogens is 2. The molecule has 0 spiro atoms. The van der Waals surface area contributed by atoms with Gasteiger partial charge in [0.2, 0.25) is 11.8 Å². The van der Waals surface area contributed by atoms with Gasteiger partial charge in [0.15, 0.2) is 0 Å². The summed E-state index contributed by atoms with van der Waals surface area (Å²) in [6.07, 6.45) is 0.866. The quantitative estimate of drug-likeness (QED) is 0.203. The van der Waals surface area contributed by atoms with Gasteiger partial charge in [-0.1, -0.05) is 29.8 Å². The molecule has 236 valence electrons. The van der Waals surface area contributed by atoms with Crippen LogP contribution in [0.3, 0.4) is 0 Å². The van der Waals surface area contributed by atoms with Crippen LogP contribution in [0.15, 0.2) is 66.9 Å². The number of nitrogens with zero attached hydrogens (tertiary/aromatic N) is 5. The van der Waals surface area contributed by atoms with Crippen LogP contribution in [0.4, 0.5) is 33.5 Å². The first kappa shape index (κ1) is 31.9. The van der Waals surface area contributed by atoms with Crippen LogP contribution >= 0.6 is 11.6 Å². The maximum absolute atomic E-state index is 13.9. The molecule has 1 aliphatic rings. The van der Waals surface area contributed by atoms with Crippen molar-refractivity contribution in [1.29, 1.82) is 0 Å². The molecule has 0 atom stereocenters. The Morgan fingerprint density at radius 1 is 0.956 bits per heavy atom. The first-order valence-electron chi connectivity index (χ1n) is 14.9. The third-order valence-corrected chi connectivity index (χ3v) is 8.19. The largest absolute Gasteiger partial charge is 0.497 e. The van der Waals surface area contributed by atoms with Crippen LogP contribution in [0.2, 0.25) is 5.02 Å². The van der Waals surface area contributed by atoms with Gasteiger partial charge in [0.1, 0.15) is 11.5 Å². The number of methoxy groups -OCH3 is 2. The number of hydrogen-bond donors (Lipinski definition) is 1. The molecular weight excluding hydrogens is 592 g/mol. The Morgan fingerprint density at radius 3 is 2.33 bits per heavy atom. The Kier molecular flexibility index (Phi) is 9.95. The van der Waals surface area contributed by atoms with Crippen molar-refractivity contribution < 1.29 is 19.0 Å². The highest BCUT2D eigenvalue weighted by atomic mass is 35.5. The summed E-state index contributed by atoms with van der Waals surface area (Å²) in [7, 11) is 3.12. The SMILES string of the molecule is COc1ccc(N(C(=O)Oc2ccnc(Nc3ccc(N4CCN(C(C)C)CC4)c(Cl)c3)n2)c2c(C)cccc2C)c(OC)c1. The molecule has 11 heteroatoms. The van der Waals surface area contributed by atoms with E-state index < -0.39 is 6.09 Å². The topological polar surface area (TPSA) is 92.3 Å². The van der Waals surface area contributed by atoms with Gasteiger partial charge < -0.3 is 24.4 Å². The number of ether oxygens (including phenoxy) is 3. The molecule has 5 rings (SSSR count). The number of carbonyl (C=O) groups excluding carboxylic acids is 1. The average molecular weight is 631 g/mol. The van der Waals surface area contributed by atoms with Crippen LogP contribution < -0.4 is 29.3 Å². The smallest absolute Gasteiger partial charge is 0.425 e. The van der Waals surface area contributed by atoms with E-state index in [1.807, 2.05) is 50.2 Å². The van der Waals surface area contributed by atoms with Gasteiger partial charge in [0.25, 0.3) is 0 Å². The van der Waals surface area contributed by atoms with Crippen LogP contribution in [0, 0.1) is 13.8 Å². The molecule has 1 amide bonds. The Labute approximate surface area is 269 Å². The van der Waals surface area contributed by atoms with Crippen LogP contribution in [-0.4, -0.2) is 67.4 Å². The standard InChI is InChI=1S/C34H39ClN6O4/c1-22(2)39-16-18-40(19-17-39)28-12-10-25(20-27(28)35)37-33-36-15-14-31(38-33)45-34(42)41(32-23(3)8-7-9-24(32)4)29-13-11-26(43-5)21-30(29)44-6/h7-15,20-22H,16-19H2,1-6H3,(H,36,37,38). The maximum Gasteiger partial charge on any atom is 0.425 e. The summed E-state index contributed by atoms with van der Waals surface area (Å²) in [6, 6.07) is 18.9. The lowest BCUT2D eigenvalue weighted by Gasteiger charge is -2.38. The summed E-state index contributed by atoms with van der Waals surface area (Å²) in [6.45, 7) is 12.2.